The predicted molar refractivity (Wildman–Crippen MR) is 88.2 cm³/mol. The molecule has 1 aliphatic heterocycles. The molecular weight excluding hydrogens is 308 g/mol. The lowest BCUT2D eigenvalue weighted by Crippen LogP contribution is -2.33. The Morgan fingerprint density at radius 3 is 2.75 bits per heavy atom. The Balaban J connectivity index is 2.20. The van der Waals surface area contributed by atoms with Gasteiger partial charge >= 0.3 is 0 Å². The van der Waals surface area contributed by atoms with Crippen LogP contribution < -0.4 is 0 Å². The molecule has 0 aromatic carbocycles. The first-order valence-corrected chi connectivity index (χ1v) is 9.91. The maximum atomic E-state index is 6.05. The lowest BCUT2D eigenvalue weighted by Gasteiger charge is -2.33. The van der Waals surface area contributed by atoms with Crippen molar-refractivity contribution < 1.29 is 4.74 Å². The third kappa shape index (κ3) is 2.36. The SMILES string of the molecule is CCC1(C)Cc2c(sc3nc(SC)nc(SC)c23)CO1. The minimum atomic E-state index is -0.0468. The highest BCUT2D eigenvalue weighted by Crippen LogP contribution is 2.42. The summed E-state index contributed by atoms with van der Waals surface area (Å²) in [6.45, 7) is 5.11. The Labute approximate surface area is 131 Å². The second kappa shape index (κ2) is 5.48. The molecule has 1 atom stereocenters. The highest BCUT2D eigenvalue weighted by Gasteiger charge is 2.33. The lowest BCUT2D eigenvalue weighted by atomic mass is 9.90. The Bertz CT molecular complexity index is 655. The summed E-state index contributed by atoms with van der Waals surface area (Å²) in [7, 11) is 0. The molecule has 2 aromatic heterocycles. The summed E-state index contributed by atoms with van der Waals surface area (Å²) in [6, 6.07) is 0. The van der Waals surface area contributed by atoms with E-state index in [4.69, 9.17) is 4.74 Å². The van der Waals surface area contributed by atoms with Gasteiger partial charge in [0.2, 0.25) is 0 Å². The van der Waals surface area contributed by atoms with Gasteiger partial charge in [-0.05, 0) is 31.4 Å². The van der Waals surface area contributed by atoms with Gasteiger partial charge in [0.25, 0.3) is 0 Å². The van der Waals surface area contributed by atoms with E-state index in [-0.39, 0.29) is 5.60 Å². The van der Waals surface area contributed by atoms with Crippen molar-refractivity contribution in [3.8, 4) is 0 Å². The third-order valence-corrected chi connectivity index (χ3v) is 6.24. The first-order valence-electron chi connectivity index (χ1n) is 6.64. The van der Waals surface area contributed by atoms with Crippen LogP contribution in [0.15, 0.2) is 10.2 Å². The topological polar surface area (TPSA) is 35.0 Å². The van der Waals surface area contributed by atoms with Gasteiger partial charge in [0.05, 0.1) is 12.2 Å². The molecule has 0 aliphatic carbocycles. The van der Waals surface area contributed by atoms with Crippen LogP contribution in [0.3, 0.4) is 0 Å². The van der Waals surface area contributed by atoms with Gasteiger partial charge in [-0.2, -0.15) is 0 Å². The van der Waals surface area contributed by atoms with Gasteiger partial charge in [0.15, 0.2) is 5.16 Å². The van der Waals surface area contributed by atoms with E-state index in [0.717, 1.165) is 27.9 Å². The van der Waals surface area contributed by atoms with Gasteiger partial charge in [-0.15, -0.1) is 23.1 Å². The highest BCUT2D eigenvalue weighted by molar-refractivity contribution is 7.99. The molecule has 1 unspecified atom stereocenters. The standard InChI is InChI=1S/C14H18N2OS3/c1-5-14(2)6-8-9(7-17-14)20-12-10(8)11(18-3)15-13(16-12)19-4/h5-7H2,1-4H3. The molecule has 0 bridgehead atoms. The number of fused-ring (bicyclic) bond motifs is 3. The molecule has 0 spiro atoms. The Morgan fingerprint density at radius 1 is 1.30 bits per heavy atom. The van der Waals surface area contributed by atoms with Gasteiger partial charge in [-0.25, -0.2) is 9.97 Å². The van der Waals surface area contributed by atoms with E-state index < -0.39 is 0 Å². The molecule has 1 aliphatic rings. The summed E-state index contributed by atoms with van der Waals surface area (Å²) in [5.74, 6) is 0. The van der Waals surface area contributed by atoms with Crippen LogP contribution in [0.1, 0.15) is 30.7 Å². The number of aromatic nitrogens is 2. The molecule has 108 valence electrons. The molecule has 6 heteroatoms. The largest absolute Gasteiger partial charge is 0.369 e. The zero-order valence-corrected chi connectivity index (χ0v) is 14.6. The maximum Gasteiger partial charge on any atom is 0.189 e. The predicted octanol–water partition coefficient (Wildman–Crippen LogP) is 4.38. The number of nitrogens with zero attached hydrogens (tertiary/aromatic N) is 2. The number of hydrogen-bond acceptors (Lipinski definition) is 6. The van der Waals surface area contributed by atoms with E-state index >= 15 is 0 Å². The van der Waals surface area contributed by atoms with Crippen LogP contribution >= 0.6 is 34.9 Å². The zero-order valence-electron chi connectivity index (χ0n) is 12.1. The summed E-state index contributed by atoms with van der Waals surface area (Å²) in [6.07, 6.45) is 6.11. The second-order valence-electron chi connectivity index (χ2n) is 5.17. The van der Waals surface area contributed by atoms with Crippen molar-refractivity contribution in [3.05, 3.63) is 10.4 Å². The van der Waals surface area contributed by atoms with E-state index in [1.54, 1.807) is 34.9 Å². The second-order valence-corrected chi connectivity index (χ2v) is 7.82. The Kier molecular flexibility index (Phi) is 4.01. The molecular formula is C14H18N2OS3. The van der Waals surface area contributed by atoms with Crippen LogP contribution in [-0.4, -0.2) is 28.1 Å². The number of rotatable bonds is 3. The third-order valence-electron chi connectivity index (χ3n) is 3.91. The summed E-state index contributed by atoms with van der Waals surface area (Å²) < 4.78 is 6.05. The van der Waals surface area contributed by atoms with E-state index in [1.807, 2.05) is 6.26 Å². The fourth-order valence-corrected chi connectivity index (χ4v) is 4.74. The van der Waals surface area contributed by atoms with Crippen molar-refractivity contribution in [1.82, 2.24) is 9.97 Å². The van der Waals surface area contributed by atoms with Gasteiger partial charge in [-0.3, -0.25) is 0 Å². The summed E-state index contributed by atoms with van der Waals surface area (Å²) in [5, 5.41) is 3.23. The molecule has 0 saturated heterocycles. The molecule has 2 aromatic rings. The van der Waals surface area contributed by atoms with Crippen molar-refractivity contribution in [2.24, 2.45) is 0 Å². The summed E-state index contributed by atoms with van der Waals surface area (Å²) in [5.41, 5.74) is 1.37. The van der Waals surface area contributed by atoms with Crippen LogP contribution in [-0.2, 0) is 17.8 Å². The van der Waals surface area contributed by atoms with E-state index in [0.29, 0.717) is 6.61 Å². The van der Waals surface area contributed by atoms with Gasteiger partial charge in [-0.1, -0.05) is 18.7 Å². The molecule has 0 fully saturated rings. The molecule has 0 N–H and O–H groups in total. The van der Waals surface area contributed by atoms with Crippen molar-refractivity contribution >= 4 is 45.1 Å². The lowest BCUT2D eigenvalue weighted by molar-refractivity contribution is -0.0543. The molecule has 3 rings (SSSR count). The summed E-state index contributed by atoms with van der Waals surface area (Å²) in [4.78, 5) is 11.8. The van der Waals surface area contributed by atoms with Crippen molar-refractivity contribution in [3.63, 3.8) is 0 Å². The van der Waals surface area contributed by atoms with Gasteiger partial charge in [0.1, 0.15) is 9.86 Å². The molecule has 3 heterocycles. The molecule has 0 saturated carbocycles. The molecule has 3 nitrogen and oxygen atoms in total. The number of thiophene rings is 1. The summed E-state index contributed by atoms with van der Waals surface area (Å²) >= 11 is 5.08. The number of thioether (sulfide) groups is 2. The van der Waals surface area contributed by atoms with E-state index in [2.05, 4.69) is 30.1 Å². The van der Waals surface area contributed by atoms with E-state index in [9.17, 15) is 0 Å². The maximum absolute atomic E-state index is 6.05. The number of ether oxygens (including phenoxy) is 1. The van der Waals surface area contributed by atoms with Crippen LogP contribution in [0.2, 0.25) is 0 Å². The quantitative estimate of drug-likeness (QED) is 0.475. The first kappa shape index (κ1) is 14.6. The highest BCUT2D eigenvalue weighted by atomic mass is 32.2. The number of hydrogen-bond donors (Lipinski definition) is 0. The van der Waals surface area contributed by atoms with Gasteiger partial charge < -0.3 is 4.74 Å². The van der Waals surface area contributed by atoms with E-state index in [1.165, 1.54) is 15.8 Å². The molecule has 0 radical (unpaired) electrons. The Morgan fingerprint density at radius 2 is 2.10 bits per heavy atom. The normalized spacial score (nSPS) is 22.2. The fraction of sp³-hybridized carbons (Fsp3) is 0.571. The smallest absolute Gasteiger partial charge is 0.189 e. The fourth-order valence-electron chi connectivity index (χ4n) is 2.49. The van der Waals surface area contributed by atoms with Crippen molar-refractivity contribution in [1.29, 1.82) is 0 Å². The minimum Gasteiger partial charge on any atom is -0.369 e. The minimum absolute atomic E-state index is 0.0468. The van der Waals surface area contributed by atoms with Crippen LogP contribution in [0.5, 0.6) is 0 Å². The average Bonchev–Trinajstić information content (AvgIpc) is 2.83. The average molecular weight is 327 g/mol. The van der Waals surface area contributed by atoms with Crippen molar-refractivity contribution in [2.75, 3.05) is 12.5 Å². The molecule has 20 heavy (non-hydrogen) atoms. The van der Waals surface area contributed by atoms with Gasteiger partial charge in [0, 0.05) is 16.7 Å². The van der Waals surface area contributed by atoms with Crippen LogP contribution in [0, 0.1) is 0 Å². The van der Waals surface area contributed by atoms with Crippen molar-refractivity contribution in [2.45, 2.75) is 49.1 Å². The van der Waals surface area contributed by atoms with Crippen LogP contribution in [0.25, 0.3) is 10.2 Å². The zero-order chi connectivity index (χ0) is 14.3. The Hall–Kier alpha value is -0.300. The monoisotopic (exact) mass is 326 g/mol. The van der Waals surface area contributed by atoms with Crippen LogP contribution in [0.4, 0.5) is 0 Å². The molecule has 0 amide bonds. The first-order chi connectivity index (χ1) is 9.60.